The molecule has 0 N–H and O–H groups in total. The van der Waals surface area contributed by atoms with Gasteiger partial charge in [0.15, 0.2) is 5.58 Å². The van der Waals surface area contributed by atoms with Crippen molar-refractivity contribution in [3.8, 4) is 0 Å². The smallest absolute Gasteiger partial charge is 0.298 e. The summed E-state index contributed by atoms with van der Waals surface area (Å²) in [5.41, 5.74) is 2.76. The number of halogens is 1. The number of rotatable bonds is 2. The van der Waals surface area contributed by atoms with Crippen molar-refractivity contribution in [3.05, 3.63) is 59.1 Å². The molecule has 4 nitrogen and oxygen atoms in total. The fourth-order valence-electron chi connectivity index (χ4n) is 2.91. The van der Waals surface area contributed by atoms with E-state index in [-0.39, 0.29) is 12.1 Å². The van der Waals surface area contributed by atoms with E-state index in [1.54, 1.807) is 0 Å². The van der Waals surface area contributed by atoms with Gasteiger partial charge in [-0.2, -0.15) is 4.98 Å². The zero-order chi connectivity index (χ0) is 15.8. The lowest BCUT2D eigenvalue weighted by molar-refractivity contribution is 0.0197. The van der Waals surface area contributed by atoms with E-state index in [2.05, 4.69) is 16.8 Å². The van der Waals surface area contributed by atoms with E-state index in [1.165, 1.54) is 0 Å². The lowest BCUT2D eigenvalue weighted by atomic mass is 10.1. The first-order chi connectivity index (χ1) is 11.2. The maximum absolute atomic E-state index is 6.10. The third-order valence-corrected chi connectivity index (χ3v) is 4.42. The van der Waals surface area contributed by atoms with Crippen LogP contribution >= 0.6 is 11.6 Å². The molecule has 3 aromatic rings. The summed E-state index contributed by atoms with van der Waals surface area (Å²) < 4.78 is 11.9. The first-order valence-corrected chi connectivity index (χ1v) is 8.08. The summed E-state index contributed by atoms with van der Waals surface area (Å²) in [6.45, 7) is 3.42. The highest BCUT2D eigenvalue weighted by Gasteiger charge is 2.30. The fourth-order valence-corrected chi connectivity index (χ4v) is 3.11. The molecule has 0 radical (unpaired) electrons. The number of para-hydroxylation sites is 2. The number of morpholine rings is 1. The first-order valence-electron chi connectivity index (χ1n) is 7.70. The van der Waals surface area contributed by atoms with Crippen molar-refractivity contribution in [1.29, 1.82) is 0 Å². The van der Waals surface area contributed by atoms with Gasteiger partial charge in [-0.15, -0.1) is 0 Å². The fraction of sp³-hybridized carbons (Fsp3) is 0.278. The van der Waals surface area contributed by atoms with E-state index in [4.69, 9.17) is 20.8 Å². The molecule has 1 aliphatic rings. The molecule has 0 aliphatic carbocycles. The van der Waals surface area contributed by atoms with Crippen molar-refractivity contribution in [1.82, 2.24) is 4.98 Å². The zero-order valence-corrected chi connectivity index (χ0v) is 13.5. The summed E-state index contributed by atoms with van der Waals surface area (Å²) in [7, 11) is 0. The van der Waals surface area contributed by atoms with E-state index in [0.29, 0.717) is 19.2 Å². The first kappa shape index (κ1) is 14.5. The van der Waals surface area contributed by atoms with Crippen LogP contribution < -0.4 is 4.90 Å². The summed E-state index contributed by atoms with van der Waals surface area (Å²) in [5.74, 6) is 0. The summed E-state index contributed by atoms with van der Waals surface area (Å²) in [5, 5.41) is 0.720. The molecule has 118 valence electrons. The summed E-state index contributed by atoms with van der Waals surface area (Å²) in [6.07, 6.45) is -0.0417. The minimum Gasteiger partial charge on any atom is -0.423 e. The average molecular weight is 329 g/mol. The molecule has 0 spiro atoms. The third kappa shape index (κ3) is 2.80. The molecule has 1 saturated heterocycles. The van der Waals surface area contributed by atoms with Crippen LogP contribution in [-0.2, 0) is 4.74 Å². The molecule has 2 heterocycles. The predicted molar refractivity (Wildman–Crippen MR) is 91.0 cm³/mol. The molecule has 2 unspecified atom stereocenters. The topological polar surface area (TPSA) is 38.5 Å². The predicted octanol–water partition coefficient (Wildman–Crippen LogP) is 4.45. The van der Waals surface area contributed by atoms with Crippen LogP contribution in [0.5, 0.6) is 0 Å². The molecule has 2 aromatic carbocycles. The van der Waals surface area contributed by atoms with Gasteiger partial charge in [0.1, 0.15) is 11.6 Å². The van der Waals surface area contributed by atoms with Gasteiger partial charge >= 0.3 is 0 Å². The highest BCUT2D eigenvalue weighted by Crippen LogP contribution is 2.31. The highest BCUT2D eigenvalue weighted by molar-refractivity contribution is 6.30. The number of oxazole rings is 1. The molecule has 1 aromatic heterocycles. The Morgan fingerprint density at radius 1 is 1.17 bits per heavy atom. The molecule has 0 amide bonds. The molecule has 1 aliphatic heterocycles. The number of fused-ring (bicyclic) bond motifs is 1. The van der Waals surface area contributed by atoms with Crippen LogP contribution in [0.2, 0.25) is 5.02 Å². The number of aromatic nitrogens is 1. The van der Waals surface area contributed by atoms with Gasteiger partial charge in [0.2, 0.25) is 0 Å². The quantitative estimate of drug-likeness (QED) is 0.696. The average Bonchev–Trinajstić information content (AvgIpc) is 2.99. The van der Waals surface area contributed by atoms with Crippen LogP contribution in [0.3, 0.4) is 0 Å². The molecular formula is C18H17ClN2O2. The Balaban J connectivity index is 1.64. The third-order valence-electron chi connectivity index (χ3n) is 4.18. The van der Waals surface area contributed by atoms with Gasteiger partial charge in [0.05, 0.1) is 19.2 Å². The number of hydrogen-bond donors (Lipinski definition) is 0. The molecule has 0 bridgehead atoms. The minimum atomic E-state index is -0.0417. The van der Waals surface area contributed by atoms with E-state index in [1.807, 2.05) is 48.5 Å². The van der Waals surface area contributed by atoms with Crippen molar-refractivity contribution < 1.29 is 9.15 Å². The maximum atomic E-state index is 6.10. The van der Waals surface area contributed by atoms with E-state index in [0.717, 1.165) is 21.7 Å². The van der Waals surface area contributed by atoms with Gasteiger partial charge < -0.3 is 14.1 Å². The van der Waals surface area contributed by atoms with Gasteiger partial charge in [-0.25, -0.2) is 0 Å². The second-order valence-electron chi connectivity index (χ2n) is 5.84. The van der Waals surface area contributed by atoms with Crippen molar-refractivity contribution in [3.63, 3.8) is 0 Å². The zero-order valence-electron chi connectivity index (χ0n) is 12.8. The van der Waals surface area contributed by atoms with Crippen molar-refractivity contribution in [2.75, 3.05) is 18.1 Å². The van der Waals surface area contributed by atoms with Gasteiger partial charge in [-0.05, 0) is 36.8 Å². The minimum absolute atomic E-state index is 0.0417. The lowest BCUT2D eigenvalue weighted by Gasteiger charge is -2.37. The summed E-state index contributed by atoms with van der Waals surface area (Å²) >= 11 is 6.10. The van der Waals surface area contributed by atoms with Crippen LogP contribution in [0.15, 0.2) is 52.9 Å². The number of anilines is 1. The number of benzene rings is 2. The van der Waals surface area contributed by atoms with Crippen LogP contribution in [-0.4, -0.2) is 24.2 Å². The molecule has 4 rings (SSSR count). The monoisotopic (exact) mass is 328 g/mol. The Kier molecular flexibility index (Phi) is 3.71. The number of hydrogen-bond acceptors (Lipinski definition) is 4. The van der Waals surface area contributed by atoms with Crippen LogP contribution in [0, 0.1) is 0 Å². The second-order valence-corrected chi connectivity index (χ2v) is 6.28. The van der Waals surface area contributed by atoms with Gasteiger partial charge in [0.25, 0.3) is 6.01 Å². The largest absolute Gasteiger partial charge is 0.423 e. The molecule has 23 heavy (non-hydrogen) atoms. The van der Waals surface area contributed by atoms with E-state index >= 15 is 0 Å². The van der Waals surface area contributed by atoms with Crippen molar-refractivity contribution in [2.45, 2.75) is 19.1 Å². The van der Waals surface area contributed by atoms with Crippen molar-refractivity contribution in [2.24, 2.45) is 0 Å². The summed E-state index contributed by atoms with van der Waals surface area (Å²) in [4.78, 5) is 6.77. The Morgan fingerprint density at radius 2 is 2.04 bits per heavy atom. The normalized spacial score (nSPS) is 21.7. The highest BCUT2D eigenvalue weighted by atomic mass is 35.5. The lowest BCUT2D eigenvalue weighted by Crippen LogP contribution is -2.45. The number of ether oxygens (including phenoxy) is 1. The molecule has 1 fully saturated rings. The molecule has 0 saturated carbocycles. The Morgan fingerprint density at radius 3 is 2.87 bits per heavy atom. The van der Waals surface area contributed by atoms with Crippen LogP contribution in [0.1, 0.15) is 18.6 Å². The van der Waals surface area contributed by atoms with Gasteiger partial charge in [-0.1, -0.05) is 35.9 Å². The Hall–Kier alpha value is -2.04. The second kappa shape index (κ2) is 5.87. The van der Waals surface area contributed by atoms with Crippen LogP contribution in [0.25, 0.3) is 11.1 Å². The van der Waals surface area contributed by atoms with Gasteiger partial charge in [-0.3, -0.25) is 0 Å². The number of nitrogens with zero attached hydrogens (tertiary/aromatic N) is 2. The van der Waals surface area contributed by atoms with E-state index < -0.39 is 0 Å². The van der Waals surface area contributed by atoms with E-state index in [9.17, 15) is 0 Å². The standard InChI is InChI=1S/C18H17ClN2O2/c1-12-11-22-17(13-5-4-6-14(19)9-13)10-21(12)18-20-15-7-2-3-8-16(15)23-18/h2-9,12,17H,10-11H2,1H3. The van der Waals surface area contributed by atoms with Crippen molar-refractivity contribution >= 4 is 28.7 Å². The Labute approximate surface area is 139 Å². The SMILES string of the molecule is CC1COC(c2cccc(Cl)c2)CN1c1nc2ccccc2o1. The summed E-state index contributed by atoms with van der Waals surface area (Å²) in [6, 6.07) is 16.5. The maximum Gasteiger partial charge on any atom is 0.298 e. The van der Waals surface area contributed by atoms with Gasteiger partial charge in [0, 0.05) is 5.02 Å². The van der Waals surface area contributed by atoms with Crippen LogP contribution in [0.4, 0.5) is 6.01 Å². The molecule has 5 heteroatoms. The molecular weight excluding hydrogens is 312 g/mol. The Bertz CT molecular complexity index is 800. The molecule has 2 atom stereocenters.